The maximum atomic E-state index is 8.77. The van der Waals surface area contributed by atoms with Crippen molar-refractivity contribution in [2.75, 3.05) is 18.5 Å². The van der Waals surface area contributed by atoms with Crippen LogP contribution in [0.1, 0.15) is 5.56 Å². The van der Waals surface area contributed by atoms with E-state index in [2.05, 4.69) is 22.5 Å². The molecule has 1 heterocycles. The lowest BCUT2D eigenvalue weighted by atomic mass is 10.1. The molecular weight excluding hydrogens is 214 g/mol. The third-order valence-electron chi connectivity index (χ3n) is 2.53. The SMILES string of the molecule is OCCn1ccc(NCCc2ccccc2)n1. The molecule has 90 valence electrons. The molecule has 1 aromatic carbocycles. The van der Waals surface area contributed by atoms with Crippen LogP contribution in [0.25, 0.3) is 0 Å². The zero-order chi connectivity index (χ0) is 11.9. The largest absolute Gasteiger partial charge is 0.394 e. The lowest BCUT2D eigenvalue weighted by Gasteiger charge is -2.03. The number of hydrogen-bond donors (Lipinski definition) is 2. The van der Waals surface area contributed by atoms with Crippen LogP contribution in [0.3, 0.4) is 0 Å². The number of hydrogen-bond acceptors (Lipinski definition) is 3. The highest BCUT2D eigenvalue weighted by atomic mass is 16.3. The number of nitrogens with zero attached hydrogens (tertiary/aromatic N) is 2. The van der Waals surface area contributed by atoms with E-state index < -0.39 is 0 Å². The normalized spacial score (nSPS) is 10.4. The number of aliphatic hydroxyl groups is 1. The van der Waals surface area contributed by atoms with Crippen LogP contribution in [-0.2, 0) is 13.0 Å². The van der Waals surface area contributed by atoms with Gasteiger partial charge in [-0.1, -0.05) is 30.3 Å². The van der Waals surface area contributed by atoms with Gasteiger partial charge < -0.3 is 10.4 Å². The first kappa shape index (κ1) is 11.7. The molecule has 0 aliphatic heterocycles. The van der Waals surface area contributed by atoms with Crippen molar-refractivity contribution in [3.05, 3.63) is 48.2 Å². The monoisotopic (exact) mass is 231 g/mol. The Labute approximate surface area is 101 Å². The van der Waals surface area contributed by atoms with Crippen molar-refractivity contribution in [2.24, 2.45) is 0 Å². The summed E-state index contributed by atoms with van der Waals surface area (Å²) in [6.45, 7) is 1.52. The van der Waals surface area contributed by atoms with E-state index in [1.807, 2.05) is 30.5 Å². The fraction of sp³-hybridized carbons (Fsp3) is 0.308. The predicted octanol–water partition coefficient (Wildman–Crippen LogP) is 1.53. The molecular formula is C13H17N3O. The van der Waals surface area contributed by atoms with Crippen LogP contribution in [0.2, 0.25) is 0 Å². The molecule has 2 N–H and O–H groups in total. The van der Waals surface area contributed by atoms with Crippen molar-refractivity contribution in [1.29, 1.82) is 0 Å². The van der Waals surface area contributed by atoms with Gasteiger partial charge in [0.2, 0.25) is 0 Å². The Morgan fingerprint density at radius 1 is 1.18 bits per heavy atom. The summed E-state index contributed by atoms with van der Waals surface area (Å²) >= 11 is 0. The van der Waals surface area contributed by atoms with E-state index in [4.69, 9.17) is 5.11 Å². The first-order valence-corrected chi connectivity index (χ1v) is 5.80. The second-order valence-electron chi connectivity index (χ2n) is 3.85. The first-order chi connectivity index (χ1) is 8.38. The Hall–Kier alpha value is -1.81. The van der Waals surface area contributed by atoms with Crippen molar-refractivity contribution in [1.82, 2.24) is 9.78 Å². The van der Waals surface area contributed by atoms with Gasteiger partial charge in [0.1, 0.15) is 5.82 Å². The van der Waals surface area contributed by atoms with Gasteiger partial charge in [-0.2, -0.15) is 5.10 Å². The minimum absolute atomic E-state index is 0.116. The Bertz CT molecular complexity index is 439. The van der Waals surface area contributed by atoms with Crippen LogP contribution < -0.4 is 5.32 Å². The number of anilines is 1. The van der Waals surface area contributed by atoms with Crippen molar-refractivity contribution in [3.63, 3.8) is 0 Å². The van der Waals surface area contributed by atoms with E-state index >= 15 is 0 Å². The van der Waals surface area contributed by atoms with Crippen molar-refractivity contribution in [3.8, 4) is 0 Å². The molecule has 0 atom stereocenters. The molecule has 0 bridgehead atoms. The lowest BCUT2D eigenvalue weighted by molar-refractivity contribution is 0.269. The highest BCUT2D eigenvalue weighted by molar-refractivity contribution is 5.32. The molecule has 0 amide bonds. The maximum Gasteiger partial charge on any atom is 0.147 e. The summed E-state index contributed by atoms with van der Waals surface area (Å²) in [5.74, 6) is 0.856. The van der Waals surface area contributed by atoms with Crippen LogP contribution in [0.5, 0.6) is 0 Å². The fourth-order valence-corrected chi connectivity index (χ4v) is 1.66. The van der Waals surface area contributed by atoms with Crippen LogP contribution in [-0.4, -0.2) is 28.0 Å². The molecule has 4 heteroatoms. The lowest BCUT2D eigenvalue weighted by Crippen LogP contribution is -2.07. The van der Waals surface area contributed by atoms with Gasteiger partial charge in [0, 0.05) is 18.8 Å². The second-order valence-corrected chi connectivity index (χ2v) is 3.85. The summed E-state index contributed by atoms with van der Waals surface area (Å²) in [7, 11) is 0. The van der Waals surface area contributed by atoms with Crippen molar-refractivity contribution < 1.29 is 5.11 Å². The molecule has 1 aromatic heterocycles. The molecule has 17 heavy (non-hydrogen) atoms. The van der Waals surface area contributed by atoms with Gasteiger partial charge in [0.15, 0.2) is 0 Å². The van der Waals surface area contributed by atoms with E-state index in [1.54, 1.807) is 4.68 Å². The summed E-state index contributed by atoms with van der Waals surface area (Å²) in [5, 5.41) is 16.3. The number of rotatable bonds is 6. The molecule has 0 unspecified atom stereocenters. The topological polar surface area (TPSA) is 50.1 Å². The van der Waals surface area contributed by atoms with Crippen LogP contribution in [0.4, 0.5) is 5.82 Å². The molecule has 0 saturated carbocycles. The third-order valence-corrected chi connectivity index (χ3v) is 2.53. The smallest absolute Gasteiger partial charge is 0.147 e. The van der Waals surface area contributed by atoms with E-state index in [-0.39, 0.29) is 6.61 Å². The third kappa shape index (κ3) is 3.60. The van der Waals surface area contributed by atoms with Crippen molar-refractivity contribution in [2.45, 2.75) is 13.0 Å². The molecule has 0 fully saturated rings. The van der Waals surface area contributed by atoms with E-state index in [0.717, 1.165) is 18.8 Å². The number of benzene rings is 1. The summed E-state index contributed by atoms with van der Waals surface area (Å²) in [4.78, 5) is 0. The highest BCUT2D eigenvalue weighted by Crippen LogP contribution is 2.04. The Balaban J connectivity index is 1.78. The van der Waals surface area contributed by atoms with Gasteiger partial charge >= 0.3 is 0 Å². The zero-order valence-corrected chi connectivity index (χ0v) is 9.71. The van der Waals surface area contributed by atoms with Crippen LogP contribution in [0.15, 0.2) is 42.6 Å². The summed E-state index contributed by atoms with van der Waals surface area (Å²) < 4.78 is 1.73. The summed E-state index contributed by atoms with van der Waals surface area (Å²) in [6, 6.07) is 12.3. The first-order valence-electron chi connectivity index (χ1n) is 5.80. The van der Waals surface area contributed by atoms with Gasteiger partial charge in [-0.3, -0.25) is 4.68 Å². The molecule has 4 nitrogen and oxygen atoms in total. The second kappa shape index (κ2) is 6.06. The highest BCUT2D eigenvalue weighted by Gasteiger charge is 1.97. The average molecular weight is 231 g/mol. The van der Waals surface area contributed by atoms with Crippen LogP contribution >= 0.6 is 0 Å². The molecule has 2 aromatic rings. The van der Waals surface area contributed by atoms with Gasteiger partial charge in [-0.05, 0) is 12.0 Å². The molecule has 0 aliphatic carbocycles. The maximum absolute atomic E-state index is 8.77. The molecule has 0 saturated heterocycles. The zero-order valence-electron chi connectivity index (χ0n) is 9.71. The van der Waals surface area contributed by atoms with Gasteiger partial charge in [-0.15, -0.1) is 0 Å². The van der Waals surface area contributed by atoms with E-state index in [9.17, 15) is 0 Å². The van der Waals surface area contributed by atoms with Crippen LogP contribution in [0, 0.1) is 0 Å². The predicted molar refractivity (Wildman–Crippen MR) is 67.9 cm³/mol. The summed E-state index contributed by atoms with van der Waals surface area (Å²) in [5.41, 5.74) is 1.31. The van der Waals surface area contributed by atoms with Gasteiger partial charge in [-0.25, -0.2) is 0 Å². The minimum Gasteiger partial charge on any atom is -0.394 e. The fourth-order valence-electron chi connectivity index (χ4n) is 1.66. The van der Waals surface area contributed by atoms with Gasteiger partial charge in [0.25, 0.3) is 0 Å². The number of aliphatic hydroxyl groups excluding tert-OH is 1. The van der Waals surface area contributed by atoms with E-state index in [0.29, 0.717) is 6.54 Å². The van der Waals surface area contributed by atoms with Gasteiger partial charge in [0.05, 0.1) is 13.2 Å². The number of nitrogens with one attached hydrogen (secondary N) is 1. The number of aromatic nitrogens is 2. The minimum atomic E-state index is 0.116. The molecule has 0 radical (unpaired) electrons. The molecule has 0 spiro atoms. The Morgan fingerprint density at radius 3 is 2.76 bits per heavy atom. The Morgan fingerprint density at radius 2 is 2.00 bits per heavy atom. The van der Waals surface area contributed by atoms with E-state index in [1.165, 1.54) is 5.56 Å². The van der Waals surface area contributed by atoms with Crippen molar-refractivity contribution >= 4 is 5.82 Å². The Kier molecular flexibility index (Phi) is 4.16. The molecule has 2 rings (SSSR count). The quantitative estimate of drug-likeness (QED) is 0.792. The molecule has 0 aliphatic rings. The average Bonchev–Trinajstić information content (AvgIpc) is 2.79. The summed E-state index contributed by atoms with van der Waals surface area (Å²) in [6.07, 6.45) is 2.84. The standard InChI is InChI=1S/C13H17N3O/c17-11-10-16-9-7-13(15-16)14-8-6-12-4-2-1-3-5-12/h1-5,7,9,17H,6,8,10-11H2,(H,14,15).